The summed E-state index contributed by atoms with van der Waals surface area (Å²) in [6.07, 6.45) is 0. The van der Waals surface area contributed by atoms with Crippen LogP contribution >= 0.6 is 0 Å². The van der Waals surface area contributed by atoms with Crippen LogP contribution < -0.4 is 0 Å². The summed E-state index contributed by atoms with van der Waals surface area (Å²) in [6, 6.07) is 9.34. The highest BCUT2D eigenvalue weighted by molar-refractivity contribution is 6.66. The third kappa shape index (κ3) is 3.45. The van der Waals surface area contributed by atoms with Crippen molar-refractivity contribution in [2.45, 2.75) is 38.9 Å². The highest BCUT2D eigenvalue weighted by atomic mass is 16.5. The smallest absolute Gasteiger partial charge is 0.423 e. The lowest BCUT2D eigenvalue weighted by molar-refractivity contribution is -0.0981. The van der Waals surface area contributed by atoms with Crippen LogP contribution in [0.4, 0.5) is 0 Å². The van der Waals surface area contributed by atoms with Gasteiger partial charge in [-0.2, -0.15) is 0 Å². The standard InChI is InChI=1S/C14H21BO3/c1-11(12-9-7-6-8-10-12)15(17)18-14(4,5)13(2,3)16/h6-10,16-17H,1H2,2-5H3. The van der Waals surface area contributed by atoms with Crippen molar-refractivity contribution in [1.82, 2.24) is 0 Å². The Bertz CT molecular complexity index is 407. The summed E-state index contributed by atoms with van der Waals surface area (Å²) in [5.74, 6) is 0. The molecule has 0 amide bonds. The van der Waals surface area contributed by atoms with Crippen LogP contribution in [0.1, 0.15) is 33.3 Å². The Labute approximate surface area is 109 Å². The van der Waals surface area contributed by atoms with E-state index in [1.165, 1.54) is 0 Å². The SMILES string of the molecule is C=C(B(O)OC(C)(C)C(C)(C)O)c1ccccc1. The van der Waals surface area contributed by atoms with E-state index >= 15 is 0 Å². The highest BCUT2D eigenvalue weighted by Crippen LogP contribution is 2.28. The molecule has 98 valence electrons. The monoisotopic (exact) mass is 248 g/mol. The fourth-order valence-corrected chi connectivity index (χ4v) is 1.29. The average Bonchev–Trinajstić information content (AvgIpc) is 2.27. The molecule has 0 bridgehead atoms. The van der Waals surface area contributed by atoms with Gasteiger partial charge in [-0.3, -0.25) is 0 Å². The molecular weight excluding hydrogens is 227 g/mol. The first-order chi connectivity index (χ1) is 8.15. The number of aliphatic hydroxyl groups is 1. The van der Waals surface area contributed by atoms with E-state index < -0.39 is 18.3 Å². The molecule has 18 heavy (non-hydrogen) atoms. The lowest BCUT2D eigenvalue weighted by Crippen LogP contribution is -2.50. The summed E-state index contributed by atoms with van der Waals surface area (Å²) >= 11 is 0. The maximum absolute atomic E-state index is 10.0. The van der Waals surface area contributed by atoms with Crippen LogP contribution in [-0.2, 0) is 4.65 Å². The van der Waals surface area contributed by atoms with Gasteiger partial charge in [0, 0.05) is 0 Å². The van der Waals surface area contributed by atoms with Gasteiger partial charge in [0.1, 0.15) is 0 Å². The van der Waals surface area contributed by atoms with E-state index in [2.05, 4.69) is 6.58 Å². The Hall–Kier alpha value is -1.10. The average molecular weight is 248 g/mol. The van der Waals surface area contributed by atoms with E-state index in [-0.39, 0.29) is 0 Å². The van der Waals surface area contributed by atoms with Gasteiger partial charge >= 0.3 is 7.12 Å². The molecule has 0 heterocycles. The molecular formula is C14H21BO3. The maximum Gasteiger partial charge on any atom is 0.491 e. The maximum atomic E-state index is 10.0. The summed E-state index contributed by atoms with van der Waals surface area (Å²) in [6.45, 7) is 10.6. The van der Waals surface area contributed by atoms with E-state index in [9.17, 15) is 10.1 Å². The van der Waals surface area contributed by atoms with E-state index in [0.29, 0.717) is 5.47 Å². The van der Waals surface area contributed by atoms with E-state index in [1.54, 1.807) is 27.7 Å². The van der Waals surface area contributed by atoms with Crippen LogP contribution in [-0.4, -0.2) is 28.5 Å². The van der Waals surface area contributed by atoms with Crippen LogP contribution in [0.2, 0.25) is 0 Å². The molecule has 1 aromatic rings. The van der Waals surface area contributed by atoms with Crippen LogP contribution in [0.5, 0.6) is 0 Å². The fraction of sp³-hybridized carbons (Fsp3) is 0.429. The van der Waals surface area contributed by atoms with Gasteiger partial charge in [0.2, 0.25) is 0 Å². The lowest BCUT2D eigenvalue weighted by Gasteiger charge is -2.38. The first-order valence-corrected chi connectivity index (χ1v) is 5.97. The second kappa shape index (κ2) is 5.27. The molecule has 0 aliphatic rings. The van der Waals surface area contributed by atoms with Gasteiger partial charge in [0.05, 0.1) is 11.2 Å². The van der Waals surface area contributed by atoms with Gasteiger partial charge < -0.3 is 14.8 Å². The van der Waals surface area contributed by atoms with Crippen LogP contribution in [0.15, 0.2) is 36.9 Å². The third-order valence-electron chi connectivity index (χ3n) is 3.32. The van der Waals surface area contributed by atoms with Crippen LogP contribution in [0, 0.1) is 0 Å². The predicted octanol–water partition coefficient (Wildman–Crippen LogP) is 2.29. The van der Waals surface area contributed by atoms with Crippen molar-refractivity contribution in [3.63, 3.8) is 0 Å². The second-order valence-electron chi connectivity index (χ2n) is 5.43. The molecule has 0 radical (unpaired) electrons. The van der Waals surface area contributed by atoms with Crippen molar-refractivity contribution in [3.8, 4) is 0 Å². The molecule has 2 N–H and O–H groups in total. The lowest BCUT2D eigenvalue weighted by atomic mass is 9.73. The van der Waals surface area contributed by atoms with E-state index in [0.717, 1.165) is 5.56 Å². The molecule has 0 unspecified atom stereocenters. The summed E-state index contributed by atoms with van der Waals surface area (Å²) < 4.78 is 5.52. The quantitative estimate of drug-likeness (QED) is 0.786. The summed E-state index contributed by atoms with van der Waals surface area (Å²) in [5.41, 5.74) is -0.654. The molecule has 0 fully saturated rings. The molecule has 3 nitrogen and oxygen atoms in total. The van der Waals surface area contributed by atoms with Crippen molar-refractivity contribution in [3.05, 3.63) is 42.5 Å². The molecule has 1 rings (SSSR count). The first kappa shape index (κ1) is 15.0. The zero-order valence-corrected chi connectivity index (χ0v) is 11.5. The van der Waals surface area contributed by atoms with Crippen LogP contribution in [0.3, 0.4) is 0 Å². The van der Waals surface area contributed by atoms with Crippen LogP contribution in [0.25, 0.3) is 5.47 Å². The van der Waals surface area contributed by atoms with Crippen molar-refractivity contribution < 1.29 is 14.8 Å². The zero-order chi connectivity index (χ0) is 14.0. The summed E-state index contributed by atoms with van der Waals surface area (Å²) in [7, 11) is -1.14. The van der Waals surface area contributed by atoms with E-state index in [4.69, 9.17) is 4.65 Å². The van der Waals surface area contributed by atoms with Crippen molar-refractivity contribution in [2.24, 2.45) is 0 Å². The third-order valence-corrected chi connectivity index (χ3v) is 3.32. The predicted molar refractivity (Wildman–Crippen MR) is 74.9 cm³/mol. The molecule has 0 atom stereocenters. The Morgan fingerprint density at radius 2 is 1.67 bits per heavy atom. The first-order valence-electron chi connectivity index (χ1n) is 5.97. The molecule has 0 aromatic heterocycles. The molecule has 0 saturated heterocycles. The number of hydrogen-bond donors (Lipinski definition) is 2. The minimum Gasteiger partial charge on any atom is -0.423 e. The van der Waals surface area contributed by atoms with Gasteiger partial charge in [-0.25, -0.2) is 0 Å². The fourth-order valence-electron chi connectivity index (χ4n) is 1.29. The Kier molecular flexibility index (Phi) is 4.38. The molecule has 0 saturated carbocycles. The normalized spacial score (nSPS) is 12.3. The van der Waals surface area contributed by atoms with Gasteiger partial charge in [0.25, 0.3) is 0 Å². The molecule has 1 aromatic carbocycles. The topological polar surface area (TPSA) is 49.7 Å². The van der Waals surface area contributed by atoms with Gasteiger partial charge in [-0.15, -0.1) is 0 Å². The van der Waals surface area contributed by atoms with Gasteiger partial charge in [0.15, 0.2) is 0 Å². The minimum absolute atomic E-state index is 0.480. The number of benzene rings is 1. The number of rotatable bonds is 5. The Balaban J connectivity index is 2.78. The summed E-state index contributed by atoms with van der Waals surface area (Å²) in [4.78, 5) is 0. The number of hydrogen-bond acceptors (Lipinski definition) is 3. The Morgan fingerprint density at radius 3 is 2.11 bits per heavy atom. The van der Waals surface area contributed by atoms with Gasteiger partial charge in [-0.05, 0) is 38.7 Å². The second-order valence-corrected chi connectivity index (χ2v) is 5.43. The molecule has 0 aliphatic heterocycles. The van der Waals surface area contributed by atoms with Gasteiger partial charge in [-0.1, -0.05) is 36.9 Å². The molecule has 0 aliphatic carbocycles. The largest absolute Gasteiger partial charge is 0.491 e. The molecule has 0 spiro atoms. The van der Waals surface area contributed by atoms with E-state index in [1.807, 2.05) is 30.3 Å². The van der Waals surface area contributed by atoms with Crippen molar-refractivity contribution in [1.29, 1.82) is 0 Å². The minimum atomic E-state index is -1.14. The highest BCUT2D eigenvalue weighted by Gasteiger charge is 2.39. The van der Waals surface area contributed by atoms with Crippen molar-refractivity contribution >= 4 is 12.6 Å². The van der Waals surface area contributed by atoms with Crippen molar-refractivity contribution in [2.75, 3.05) is 0 Å². The Morgan fingerprint density at radius 1 is 1.17 bits per heavy atom. The summed E-state index contributed by atoms with van der Waals surface area (Å²) in [5, 5.41) is 20.0. The molecule has 4 heteroatoms. The zero-order valence-electron chi connectivity index (χ0n) is 11.5.